The van der Waals surface area contributed by atoms with Gasteiger partial charge in [0, 0.05) is 18.2 Å². The number of rotatable bonds is 19. The Balaban J connectivity index is 1.62. The number of sulfone groups is 1. The smallest absolute Gasteiger partial charge is 0.335 e. The molecule has 1 heterocycles. The van der Waals surface area contributed by atoms with Gasteiger partial charge in [-0.3, -0.25) is 9.59 Å². The zero-order valence-electron chi connectivity index (χ0n) is 31.1. The number of hydrogen-bond donors (Lipinski definition) is 4. The summed E-state index contributed by atoms with van der Waals surface area (Å²) in [6.45, 7) is 10.6. The van der Waals surface area contributed by atoms with Gasteiger partial charge in [0.1, 0.15) is 12.1 Å². The number of esters is 1. The fraction of sp³-hybridized carbons (Fsp3) is 0.641. The second-order valence-corrected chi connectivity index (χ2v) is 18.4. The third kappa shape index (κ3) is 12.0. The molecule has 288 valence electrons. The van der Waals surface area contributed by atoms with Gasteiger partial charge in [0.2, 0.25) is 11.8 Å². The molecule has 0 radical (unpaired) electrons. The average Bonchev–Trinajstić information content (AvgIpc) is 3.86. The molecule has 0 spiro atoms. The molecule has 2 aliphatic rings. The molecular formula is C39H58N4O8S. The highest BCUT2D eigenvalue weighted by atomic mass is 32.2. The van der Waals surface area contributed by atoms with Crippen molar-refractivity contribution in [2.75, 3.05) is 12.4 Å². The molecule has 52 heavy (non-hydrogen) atoms. The zero-order valence-corrected chi connectivity index (χ0v) is 31.9. The molecule has 0 aliphatic heterocycles. The monoisotopic (exact) mass is 742 g/mol. The maximum atomic E-state index is 14.3. The number of nitrogens with one attached hydrogen (secondary N) is 2. The van der Waals surface area contributed by atoms with E-state index in [0.717, 1.165) is 50.5 Å². The van der Waals surface area contributed by atoms with E-state index in [1.807, 2.05) is 30.3 Å². The van der Waals surface area contributed by atoms with E-state index in [1.165, 1.54) is 6.33 Å². The average molecular weight is 743 g/mol. The van der Waals surface area contributed by atoms with Gasteiger partial charge in [0.15, 0.2) is 9.84 Å². The molecule has 2 amide bonds. The van der Waals surface area contributed by atoms with Crippen LogP contribution in [0.15, 0.2) is 55.0 Å². The summed E-state index contributed by atoms with van der Waals surface area (Å²) in [7, 11) is -3.74. The molecular weight excluding hydrogens is 685 g/mol. The Labute approximate surface area is 308 Å². The lowest BCUT2D eigenvalue weighted by atomic mass is 9.82. The molecule has 4 rings (SSSR count). The first-order valence-electron chi connectivity index (χ1n) is 18.7. The fourth-order valence-corrected chi connectivity index (χ4v) is 8.07. The Bertz CT molecular complexity index is 1610. The number of amides is 2. The van der Waals surface area contributed by atoms with Crippen molar-refractivity contribution in [1.29, 1.82) is 0 Å². The van der Waals surface area contributed by atoms with E-state index < -0.39 is 68.3 Å². The number of hydrogen-bond acceptors (Lipinski definition) is 9. The first-order chi connectivity index (χ1) is 24.6. The minimum absolute atomic E-state index is 0.0203. The summed E-state index contributed by atoms with van der Waals surface area (Å²) in [4.78, 5) is 45.0. The van der Waals surface area contributed by atoms with Gasteiger partial charge in [-0.05, 0) is 70.8 Å². The van der Waals surface area contributed by atoms with Gasteiger partial charge in [-0.2, -0.15) is 0 Å². The molecule has 2 aromatic rings. The van der Waals surface area contributed by atoms with Crippen LogP contribution in [0.2, 0.25) is 0 Å². The highest BCUT2D eigenvalue weighted by Crippen LogP contribution is 2.36. The molecule has 0 unspecified atom stereocenters. The molecule has 4 N–H and O–H groups in total. The molecule has 0 bridgehead atoms. The number of imidazole rings is 1. The van der Waals surface area contributed by atoms with Gasteiger partial charge in [-0.15, -0.1) is 0 Å². The Morgan fingerprint density at radius 1 is 1.00 bits per heavy atom. The maximum Gasteiger partial charge on any atom is 0.335 e. The minimum atomic E-state index is -3.74. The SMILES string of the molecule is C=C(Cn1cnc(C[C@H](NC(=O)[C@H](Cc2ccccc2)CS(=O)(=O)C(C)(C)C)C(=O)N[C@@H](CC2CCCCC2)[C@@H](O)[C@@H](O)C2CC2)c1)C(=O)OCC. The van der Waals surface area contributed by atoms with Gasteiger partial charge in [-0.25, -0.2) is 18.2 Å². The first kappa shape index (κ1) is 41.2. The Kier molecular flexibility index (Phi) is 14.6. The van der Waals surface area contributed by atoms with Crippen molar-refractivity contribution in [3.63, 3.8) is 0 Å². The fourth-order valence-electron chi connectivity index (χ4n) is 6.77. The van der Waals surface area contributed by atoms with Crippen LogP contribution in [0.25, 0.3) is 0 Å². The predicted molar refractivity (Wildman–Crippen MR) is 199 cm³/mol. The van der Waals surface area contributed by atoms with Crippen molar-refractivity contribution < 1.29 is 37.8 Å². The summed E-state index contributed by atoms with van der Waals surface area (Å²) in [5.74, 6) is -2.89. The number of nitrogens with zero attached hydrogens (tertiary/aromatic N) is 2. The number of aromatic nitrogens is 2. The number of benzene rings is 1. The molecule has 2 fully saturated rings. The number of aliphatic hydroxyl groups excluding tert-OH is 2. The Morgan fingerprint density at radius 2 is 1.67 bits per heavy atom. The first-order valence-corrected chi connectivity index (χ1v) is 20.3. The van der Waals surface area contributed by atoms with Crippen LogP contribution >= 0.6 is 0 Å². The molecule has 1 aromatic heterocycles. The van der Waals surface area contributed by atoms with Crippen molar-refractivity contribution in [1.82, 2.24) is 20.2 Å². The van der Waals surface area contributed by atoms with E-state index in [1.54, 1.807) is 38.5 Å². The topological polar surface area (TPSA) is 177 Å². The summed E-state index contributed by atoms with van der Waals surface area (Å²) < 4.78 is 32.4. The zero-order chi connectivity index (χ0) is 38.1. The van der Waals surface area contributed by atoms with Gasteiger partial charge in [0.25, 0.3) is 0 Å². The summed E-state index contributed by atoms with van der Waals surface area (Å²) >= 11 is 0. The van der Waals surface area contributed by atoms with E-state index in [2.05, 4.69) is 22.2 Å². The second-order valence-electron chi connectivity index (χ2n) is 15.6. The van der Waals surface area contributed by atoms with Crippen molar-refractivity contribution in [3.05, 3.63) is 66.3 Å². The van der Waals surface area contributed by atoms with Crippen LogP contribution in [-0.2, 0) is 48.3 Å². The highest BCUT2D eigenvalue weighted by Gasteiger charge is 2.41. The van der Waals surface area contributed by atoms with Crippen LogP contribution in [0.1, 0.15) is 90.3 Å². The van der Waals surface area contributed by atoms with Crippen molar-refractivity contribution >= 4 is 27.6 Å². The van der Waals surface area contributed by atoms with Gasteiger partial charge < -0.3 is 30.2 Å². The van der Waals surface area contributed by atoms with Crippen LogP contribution in [0.3, 0.4) is 0 Å². The van der Waals surface area contributed by atoms with Crippen molar-refractivity contribution in [2.24, 2.45) is 17.8 Å². The quantitative estimate of drug-likeness (QED) is 0.124. The Hall–Kier alpha value is -3.55. The molecule has 13 heteroatoms. The van der Waals surface area contributed by atoms with Crippen molar-refractivity contribution in [3.8, 4) is 0 Å². The normalized spacial score (nSPS) is 18.4. The molecule has 2 saturated carbocycles. The summed E-state index contributed by atoms with van der Waals surface area (Å²) in [6, 6.07) is 7.18. The summed E-state index contributed by atoms with van der Waals surface area (Å²) in [5.41, 5.74) is 1.42. The van der Waals surface area contributed by atoms with E-state index in [9.17, 15) is 33.0 Å². The number of ether oxygens (including phenoxy) is 1. The molecule has 1 aromatic carbocycles. The molecule has 2 aliphatic carbocycles. The van der Waals surface area contributed by atoms with Gasteiger partial charge in [0.05, 0.1) is 53.7 Å². The maximum absolute atomic E-state index is 14.3. The standard InChI is InChI=1S/C39H58N4O8S/c1-6-51-38(48)26(2)22-43-23-31(40-25-43)21-33(37(47)41-32(20-28-15-11-8-12-16-28)35(45)34(44)29-17-18-29)42-36(46)30(19-27-13-9-7-10-14-27)24-52(49,50)39(3,4)5/h7,9-10,13-14,23,25,28-30,32-35,44-45H,2,6,8,11-12,15-22,24H2,1,3-5H3,(H,41,47)(H,42,46)/t30-,32+,33+,34+,35-/m1/s1. The van der Waals surface area contributed by atoms with Crippen LogP contribution in [0.4, 0.5) is 0 Å². The third-order valence-electron chi connectivity index (χ3n) is 10.2. The largest absolute Gasteiger partial charge is 0.463 e. The van der Waals surface area contributed by atoms with E-state index in [0.29, 0.717) is 12.1 Å². The summed E-state index contributed by atoms with van der Waals surface area (Å²) in [6.07, 6.45) is 8.37. The predicted octanol–water partition coefficient (Wildman–Crippen LogP) is 3.69. The van der Waals surface area contributed by atoms with E-state index in [4.69, 9.17) is 4.74 Å². The van der Waals surface area contributed by atoms with Gasteiger partial charge in [-0.1, -0.05) is 69.0 Å². The number of carbonyl (C=O) groups excluding carboxylic acids is 3. The van der Waals surface area contributed by atoms with Crippen molar-refractivity contribution in [2.45, 2.75) is 127 Å². The lowest BCUT2D eigenvalue weighted by molar-refractivity contribution is -0.138. The summed E-state index contributed by atoms with van der Waals surface area (Å²) in [5, 5.41) is 28.2. The Morgan fingerprint density at radius 3 is 2.29 bits per heavy atom. The number of carbonyl (C=O) groups is 3. The third-order valence-corrected chi connectivity index (χ3v) is 12.9. The van der Waals surface area contributed by atoms with Gasteiger partial charge >= 0.3 is 5.97 Å². The minimum Gasteiger partial charge on any atom is -0.463 e. The molecule has 12 nitrogen and oxygen atoms in total. The molecule has 5 atom stereocenters. The second kappa shape index (κ2) is 18.5. The van der Waals surface area contributed by atoms with E-state index in [-0.39, 0.29) is 43.4 Å². The molecule has 0 saturated heterocycles. The number of aliphatic hydroxyl groups is 2. The van der Waals surface area contributed by atoms with Crippen LogP contribution < -0.4 is 10.6 Å². The van der Waals surface area contributed by atoms with Crippen LogP contribution in [0.5, 0.6) is 0 Å². The van der Waals surface area contributed by atoms with Crippen LogP contribution in [-0.4, -0.2) is 87.4 Å². The van der Waals surface area contributed by atoms with E-state index >= 15 is 0 Å². The lowest BCUT2D eigenvalue weighted by Gasteiger charge is -2.33. The lowest BCUT2D eigenvalue weighted by Crippen LogP contribution is -2.57. The van der Waals surface area contributed by atoms with Crippen LogP contribution in [0, 0.1) is 17.8 Å². The highest BCUT2D eigenvalue weighted by molar-refractivity contribution is 7.92.